The van der Waals surface area contributed by atoms with Crippen LogP contribution in [0.1, 0.15) is 34.0 Å². The largest absolute Gasteiger partial charge is 0.506 e. The number of hydrazone groups is 1. The van der Waals surface area contributed by atoms with Gasteiger partial charge in [0.1, 0.15) is 11.6 Å². The second-order valence-corrected chi connectivity index (χ2v) is 8.81. The van der Waals surface area contributed by atoms with Crippen LogP contribution in [0.3, 0.4) is 0 Å². The van der Waals surface area contributed by atoms with Gasteiger partial charge in [-0.1, -0.05) is 66.2 Å². The Kier molecular flexibility index (Phi) is 8.15. The van der Waals surface area contributed by atoms with Crippen LogP contribution in [0, 0.1) is 5.82 Å². The number of phenols is 1. The Morgan fingerprint density at radius 1 is 1.00 bits per heavy atom. The van der Waals surface area contributed by atoms with Crippen molar-refractivity contribution in [2.24, 2.45) is 5.10 Å². The van der Waals surface area contributed by atoms with Crippen LogP contribution < -0.4 is 5.43 Å². The third-order valence-electron chi connectivity index (χ3n) is 6.02. The standard InChI is InChI=1S/C29H25ClFN3O3/c1-2-34(18-22-7-3-6-10-26(22)31)28(36)16-19-11-12-21(24-9-5-4-8-23(19)24)17-32-33-29(37)20-13-14-27(35)25(30)15-20/h3-15,17,35H,2,16,18H2,1H3,(H,33,37). The molecular weight excluding hydrogens is 493 g/mol. The molecule has 0 bridgehead atoms. The number of benzene rings is 4. The van der Waals surface area contributed by atoms with E-state index in [0.29, 0.717) is 12.1 Å². The lowest BCUT2D eigenvalue weighted by atomic mass is 9.97. The maximum atomic E-state index is 14.1. The van der Waals surface area contributed by atoms with Gasteiger partial charge in [0, 0.05) is 29.8 Å². The van der Waals surface area contributed by atoms with Gasteiger partial charge in [0.15, 0.2) is 0 Å². The van der Waals surface area contributed by atoms with Crippen molar-refractivity contribution in [1.82, 2.24) is 10.3 Å². The second kappa shape index (κ2) is 11.7. The molecule has 0 heterocycles. The van der Waals surface area contributed by atoms with Gasteiger partial charge in [-0.25, -0.2) is 9.82 Å². The summed E-state index contributed by atoms with van der Waals surface area (Å²) in [4.78, 5) is 27.1. The third-order valence-corrected chi connectivity index (χ3v) is 6.33. The molecule has 8 heteroatoms. The SMILES string of the molecule is CCN(Cc1ccccc1F)C(=O)Cc1ccc(C=NNC(=O)c2ccc(O)c(Cl)c2)c2ccccc12. The highest BCUT2D eigenvalue weighted by Gasteiger charge is 2.16. The molecule has 0 aliphatic rings. The van der Waals surface area contributed by atoms with Crippen LogP contribution in [0.5, 0.6) is 5.75 Å². The number of rotatable bonds is 8. The summed E-state index contributed by atoms with van der Waals surface area (Å²) >= 11 is 5.87. The highest BCUT2D eigenvalue weighted by Crippen LogP contribution is 2.25. The van der Waals surface area contributed by atoms with Crippen LogP contribution in [-0.4, -0.2) is 34.6 Å². The van der Waals surface area contributed by atoms with Crippen molar-refractivity contribution in [3.8, 4) is 5.75 Å². The Bertz CT molecular complexity index is 1490. The molecule has 0 fully saturated rings. The zero-order valence-electron chi connectivity index (χ0n) is 20.1. The first-order valence-corrected chi connectivity index (χ1v) is 12.1. The van der Waals surface area contributed by atoms with Crippen molar-refractivity contribution in [1.29, 1.82) is 0 Å². The first-order valence-electron chi connectivity index (χ1n) is 11.7. The van der Waals surface area contributed by atoms with Crippen molar-refractivity contribution in [3.05, 3.63) is 112 Å². The first kappa shape index (κ1) is 25.9. The Morgan fingerprint density at radius 3 is 2.46 bits per heavy atom. The molecule has 2 amide bonds. The molecule has 4 aromatic rings. The van der Waals surface area contributed by atoms with Crippen LogP contribution in [0.15, 0.2) is 84.0 Å². The van der Waals surface area contributed by atoms with Crippen molar-refractivity contribution < 1.29 is 19.1 Å². The van der Waals surface area contributed by atoms with Gasteiger partial charge in [-0.05, 0) is 47.5 Å². The molecule has 0 saturated carbocycles. The summed E-state index contributed by atoms with van der Waals surface area (Å²) < 4.78 is 14.1. The van der Waals surface area contributed by atoms with Crippen molar-refractivity contribution in [2.45, 2.75) is 19.9 Å². The van der Waals surface area contributed by atoms with Gasteiger partial charge in [0.05, 0.1) is 17.7 Å². The zero-order valence-corrected chi connectivity index (χ0v) is 20.9. The highest BCUT2D eigenvalue weighted by atomic mass is 35.5. The van der Waals surface area contributed by atoms with E-state index >= 15 is 0 Å². The summed E-state index contributed by atoms with van der Waals surface area (Å²) in [6.45, 7) is 2.54. The Hall–Kier alpha value is -4.23. The molecule has 0 unspecified atom stereocenters. The third kappa shape index (κ3) is 6.13. The molecule has 0 aliphatic carbocycles. The molecule has 0 aliphatic heterocycles. The number of hydrogen-bond acceptors (Lipinski definition) is 4. The molecule has 4 aromatic carbocycles. The number of hydrogen-bond donors (Lipinski definition) is 2. The van der Waals surface area contributed by atoms with E-state index in [2.05, 4.69) is 10.5 Å². The highest BCUT2D eigenvalue weighted by molar-refractivity contribution is 6.32. The summed E-state index contributed by atoms with van der Waals surface area (Å²) in [5.74, 6) is -1.01. The van der Waals surface area contributed by atoms with E-state index in [9.17, 15) is 19.1 Å². The molecule has 0 saturated heterocycles. The van der Waals surface area contributed by atoms with Crippen molar-refractivity contribution in [2.75, 3.05) is 6.54 Å². The summed E-state index contributed by atoms with van der Waals surface area (Å²) in [5, 5.41) is 15.4. The number of phenolic OH excluding ortho intramolecular Hbond substituents is 1. The van der Waals surface area contributed by atoms with E-state index < -0.39 is 5.91 Å². The van der Waals surface area contributed by atoms with Crippen LogP contribution >= 0.6 is 11.6 Å². The first-order chi connectivity index (χ1) is 17.9. The van der Waals surface area contributed by atoms with Gasteiger partial charge in [0.2, 0.25) is 5.91 Å². The van der Waals surface area contributed by atoms with Crippen molar-refractivity contribution >= 4 is 40.4 Å². The van der Waals surface area contributed by atoms with Gasteiger partial charge in [-0.3, -0.25) is 9.59 Å². The van der Waals surface area contributed by atoms with Crippen LogP contribution in [-0.2, 0) is 17.8 Å². The lowest BCUT2D eigenvalue weighted by molar-refractivity contribution is -0.130. The van der Waals surface area contributed by atoms with E-state index in [-0.39, 0.29) is 41.0 Å². The Morgan fingerprint density at radius 2 is 1.73 bits per heavy atom. The number of carbonyl (C=O) groups is 2. The monoisotopic (exact) mass is 517 g/mol. The smallest absolute Gasteiger partial charge is 0.271 e. The summed E-state index contributed by atoms with van der Waals surface area (Å²) in [6, 6.07) is 21.9. The number of nitrogens with one attached hydrogen (secondary N) is 1. The number of likely N-dealkylation sites (N-methyl/N-ethyl adjacent to an activating group) is 1. The average Bonchev–Trinajstić information content (AvgIpc) is 2.90. The lowest BCUT2D eigenvalue weighted by Crippen LogP contribution is -2.32. The van der Waals surface area contributed by atoms with Gasteiger partial charge in [0.25, 0.3) is 5.91 Å². The summed E-state index contributed by atoms with van der Waals surface area (Å²) in [7, 11) is 0. The molecule has 0 atom stereocenters. The number of halogens is 2. The zero-order chi connectivity index (χ0) is 26.4. The fourth-order valence-corrected chi connectivity index (χ4v) is 4.19. The predicted molar refractivity (Wildman–Crippen MR) is 143 cm³/mol. The minimum Gasteiger partial charge on any atom is -0.506 e. The minimum absolute atomic E-state index is 0.0725. The topological polar surface area (TPSA) is 82.0 Å². The average molecular weight is 518 g/mol. The van der Waals surface area contributed by atoms with Crippen LogP contribution in [0.4, 0.5) is 4.39 Å². The van der Waals surface area contributed by atoms with Crippen LogP contribution in [0.25, 0.3) is 10.8 Å². The van der Waals surface area contributed by atoms with E-state index in [4.69, 9.17) is 11.6 Å². The molecule has 0 radical (unpaired) electrons. The molecule has 6 nitrogen and oxygen atoms in total. The molecule has 2 N–H and O–H groups in total. The molecule has 188 valence electrons. The van der Waals surface area contributed by atoms with Crippen LogP contribution in [0.2, 0.25) is 5.02 Å². The normalized spacial score (nSPS) is 11.1. The number of amides is 2. The molecule has 0 aromatic heterocycles. The second-order valence-electron chi connectivity index (χ2n) is 8.40. The summed E-state index contributed by atoms with van der Waals surface area (Å²) in [6.07, 6.45) is 1.70. The molecule has 0 spiro atoms. The van der Waals surface area contributed by atoms with Gasteiger partial charge in [-0.2, -0.15) is 5.10 Å². The van der Waals surface area contributed by atoms with E-state index in [1.54, 1.807) is 23.1 Å². The maximum absolute atomic E-state index is 14.1. The summed E-state index contributed by atoms with van der Waals surface area (Å²) in [5.41, 5.74) is 4.79. The predicted octanol–water partition coefficient (Wildman–Crippen LogP) is 5.69. The quantitative estimate of drug-likeness (QED) is 0.232. The van der Waals surface area contributed by atoms with Crippen molar-refractivity contribution in [3.63, 3.8) is 0 Å². The molecule has 4 rings (SSSR count). The number of carbonyl (C=O) groups excluding carboxylic acids is 2. The molecule has 37 heavy (non-hydrogen) atoms. The van der Waals surface area contributed by atoms with Gasteiger partial charge in [-0.15, -0.1) is 0 Å². The van der Waals surface area contributed by atoms with E-state index in [1.807, 2.05) is 43.3 Å². The fraction of sp³-hybridized carbons (Fsp3) is 0.138. The Labute approximate surface area is 219 Å². The molecular formula is C29H25ClFN3O3. The Balaban J connectivity index is 1.51. The van der Waals surface area contributed by atoms with E-state index in [1.165, 1.54) is 30.5 Å². The van der Waals surface area contributed by atoms with Gasteiger partial charge >= 0.3 is 0 Å². The lowest BCUT2D eigenvalue weighted by Gasteiger charge is -2.22. The maximum Gasteiger partial charge on any atom is 0.271 e. The number of aromatic hydroxyl groups is 1. The van der Waals surface area contributed by atoms with Gasteiger partial charge < -0.3 is 10.0 Å². The fourth-order valence-electron chi connectivity index (χ4n) is 4.01. The number of nitrogens with zero attached hydrogens (tertiary/aromatic N) is 2. The minimum atomic E-state index is -0.473. The number of fused-ring (bicyclic) bond motifs is 1. The van der Waals surface area contributed by atoms with E-state index in [0.717, 1.165) is 21.9 Å².